The number of fused-ring (bicyclic) bond motifs is 1. The molecule has 2 aromatic heterocycles. The number of anilines is 1. The quantitative estimate of drug-likeness (QED) is 0.415. The van der Waals surface area contributed by atoms with Crippen molar-refractivity contribution < 1.29 is 14.4 Å². The minimum absolute atomic E-state index is 0.0258. The number of halogens is 1. The summed E-state index contributed by atoms with van der Waals surface area (Å²) in [5, 5.41) is 12.3. The van der Waals surface area contributed by atoms with Gasteiger partial charge in [-0.05, 0) is 38.4 Å². The smallest absolute Gasteiger partial charge is 0.284 e. The van der Waals surface area contributed by atoms with Crippen molar-refractivity contribution in [3.05, 3.63) is 38.9 Å². The van der Waals surface area contributed by atoms with Crippen LogP contribution in [0.25, 0.3) is 0 Å². The molecule has 0 unspecified atom stereocenters. The van der Waals surface area contributed by atoms with Crippen LogP contribution < -0.4 is 21.3 Å². The third-order valence-corrected chi connectivity index (χ3v) is 8.00. The number of carbonyl (C=O) groups is 3. The van der Waals surface area contributed by atoms with Crippen LogP contribution in [0.4, 0.5) is 5.82 Å². The van der Waals surface area contributed by atoms with Crippen molar-refractivity contribution in [3.63, 3.8) is 0 Å². The molecule has 1 aliphatic heterocycles. The molecule has 0 radical (unpaired) electrons. The van der Waals surface area contributed by atoms with Gasteiger partial charge in [0.05, 0.1) is 16.8 Å². The minimum Gasteiger partial charge on any atom is -0.367 e. The highest BCUT2D eigenvalue weighted by molar-refractivity contribution is 7.82. The van der Waals surface area contributed by atoms with Gasteiger partial charge in [-0.25, -0.2) is 9.97 Å². The van der Waals surface area contributed by atoms with Crippen LogP contribution in [0.3, 0.4) is 0 Å². The molecule has 3 heterocycles. The number of carbonyl (C=O) groups excluding carboxylic acids is 3. The molecule has 4 N–H and O–H groups in total. The molecule has 4 rings (SSSR count). The van der Waals surface area contributed by atoms with Crippen molar-refractivity contribution in [2.45, 2.75) is 44.3 Å². The lowest BCUT2D eigenvalue weighted by atomic mass is 9.81. The first kappa shape index (κ1) is 26.4. The second-order valence-corrected chi connectivity index (χ2v) is 10.9. The molecule has 0 aromatic carbocycles. The third kappa shape index (κ3) is 6.36. The van der Waals surface area contributed by atoms with Gasteiger partial charge in [0.2, 0.25) is 5.91 Å². The fourth-order valence-corrected chi connectivity index (χ4v) is 5.86. The molecule has 0 saturated heterocycles. The molecule has 1 aliphatic carbocycles. The normalized spacial score (nSPS) is 21.7. The zero-order valence-electron chi connectivity index (χ0n) is 20.0. The monoisotopic (exact) mass is 549 g/mol. The van der Waals surface area contributed by atoms with Crippen LogP contribution in [-0.2, 0) is 22.6 Å². The number of amides is 3. The standard InChI is InChI=1S/C23H28ClN7O3S2/c1-25-19(32)12-3-5-14(28-22(35)20(33)30-18-6-4-13(24)10-26-18)16(9-12)27-21(34)23-29-15-7-8-31(2)11-17(15)36-23/h4,6,10,12,14,16H,3,5,7-9,11H2,1-2H3,(H,25,32)(H,27,34)(H,28,35)(H,26,30,33)/t12-,14-,16+/m0/s1. The van der Waals surface area contributed by atoms with E-state index in [0.29, 0.717) is 35.1 Å². The number of nitrogens with zero attached hydrogens (tertiary/aromatic N) is 3. The van der Waals surface area contributed by atoms with Crippen LogP contribution in [0.5, 0.6) is 0 Å². The highest BCUT2D eigenvalue weighted by Gasteiger charge is 2.36. The molecule has 1 saturated carbocycles. The SMILES string of the molecule is CNC(=O)[C@H]1CC[C@H](NC(=S)C(=O)Nc2ccc(Cl)cn2)[C@H](NC(=O)c2nc3c(s2)CN(C)CC3)C1. The highest BCUT2D eigenvalue weighted by atomic mass is 35.5. The lowest BCUT2D eigenvalue weighted by Crippen LogP contribution is -2.56. The van der Waals surface area contributed by atoms with Crippen molar-refractivity contribution >= 4 is 63.7 Å². The molecule has 1 fully saturated rings. The van der Waals surface area contributed by atoms with Crippen molar-refractivity contribution in [1.82, 2.24) is 30.8 Å². The topological polar surface area (TPSA) is 128 Å². The fourth-order valence-electron chi connectivity index (χ4n) is 4.45. The third-order valence-electron chi connectivity index (χ3n) is 6.39. The number of thiocarbonyl (C=S) groups is 1. The van der Waals surface area contributed by atoms with E-state index in [2.05, 4.69) is 36.1 Å². The molecule has 13 heteroatoms. The number of nitrogens with one attached hydrogen (secondary N) is 4. The van der Waals surface area contributed by atoms with Gasteiger partial charge in [0.1, 0.15) is 5.82 Å². The minimum atomic E-state index is -0.518. The lowest BCUT2D eigenvalue weighted by Gasteiger charge is -2.36. The van der Waals surface area contributed by atoms with Gasteiger partial charge >= 0.3 is 0 Å². The number of rotatable bonds is 5. The van der Waals surface area contributed by atoms with Crippen LogP contribution in [0, 0.1) is 5.92 Å². The summed E-state index contributed by atoms with van der Waals surface area (Å²) in [6.45, 7) is 1.68. The van der Waals surface area contributed by atoms with Gasteiger partial charge in [0, 0.05) is 49.6 Å². The second kappa shape index (κ2) is 11.6. The van der Waals surface area contributed by atoms with Crippen LogP contribution in [0.1, 0.15) is 39.6 Å². The van der Waals surface area contributed by atoms with Crippen molar-refractivity contribution in [1.29, 1.82) is 0 Å². The zero-order valence-corrected chi connectivity index (χ0v) is 22.4. The van der Waals surface area contributed by atoms with E-state index in [1.807, 2.05) is 7.05 Å². The number of aromatic nitrogens is 2. The molecule has 36 heavy (non-hydrogen) atoms. The average Bonchev–Trinajstić information content (AvgIpc) is 3.29. The van der Waals surface area contributed by atoms with E-state index in [9.17, 15) is 14.4 Å². The predicted molar refractivity (Wildman–Crippen MR) is 142 cm³/mol. The average molecular weight is 550 g/mol. The summed E-state index contributed by atoms with van der Waals surface area (Å²) in [6, 6.07) is 2.44. The van der Waals surface area contributed by atoms with Crippen LogP contribution in [0.2, 0.25) is 5.02 Å². The molecule has 10 nitrogen and oxygen atoms in total. The maximum absolute atomic E-state index is 13.2. The van der Waals surface area contributed by atoms with E-state index < -0.39 is 11.9 Å². The summed E-state index contributed by atoms with van der Waals surface area (Å²) < 4.78 is 0. The Kier molecular flexibility index (Phi) is 8.50. The van der Waals surface area contributed by atoms with Gasteiger partial charge in [0.15, 0.2) is 10.00 Å². The molecule has 0 spiro atoms. The molecule has 3 amide bonds. The van der Waals surface area contributed by atoms with Crippen molar-refractivity contribution in [2.24, 2.45) is 5.92 Å². The lowest BCUT2D eigenvalue weighted by molar-refractivity contribution is -0.125. The van der Waals surface area contributed by atoms with E-state index >= 15 is 0 Å². The van der Waals surface area contributed by atoms with Gasteiger partial charge in [-0.15, -0.1) is 11.3 Å². The highest BCUT2D eigenvalue weighted by Crippen LogP contribution is 2.28. The molecule has 2 aliphatic rings. The Hall–Kier alpha value is -2.67. The van der Waals surface area contributed by atoms with E-state index in [0.717, 1.165) is 30.1 Å². The fraction of sp³-hybridized carbons (Fsp3) is 0.478. The molecule has 192 valence electrons. The number of likely N-dealkylation sites (N-methyl/N-ethyl adjacent to an activating group) is 1. The van der Waals surface area contributed by atoms with E-state index in [1.54, 1.807) is 19.2 Å². The van der Waals surface area contributed by atoms with Crippen LogP contribution in [0.15, 0.2) is 18.3 Å². The van der Waals surface area contributed by atoms with Gasteiger partial charge in [0.25, 0.3) is 11.8 Å². The van der Waals surface area contributed by atoms with Gasteiger partial charge in [-0.3, -0.25) is 14.4 Å². The van der Waals surface area contributed by atoms with Crippen LogP contribution >= 0.6 is 35.2 Å². The number of hydrogen-bond donors (Lipinski definition) is 4. The zero-order chi connectivity index (χ0) is 25.8. The summed E-state index contributed by atoms with van der Waals surface area (Å²) in [6.07, 6.45) is 3.81. The first-order chi connectivity index (χ1) is 17.2. The Morgan fingerprint density at radius 3 is 2.72 bits per heavy atom. The summed E-state index contributed by atoms with van der Waals surface area (Å²) in [7, 11) is 3.64. The number of pyridine rings is 1. The largest absolute Gasteiger partial charge is 0.367 e. The summed E-state index contributed by atoms with van der Waals surface area (Å²) >= 11 is 12.6. The van der Waals surface area contributed by atoms with Gasteiger partial charge < -0.3 is 26.2 Å². The summed E-state index contributed by atoms with van der Waals surface area (Å²) in [5.74, 6) is -0.811. The molecular formula is C23H28ClN7O3S2. The maximum atomic E-state index is 13.2. The maximum Gasteiger partial charge on any atom is 0.284 e. The molecular weight excluding hydrogens is 522 g/mol. The molecule has 3 atom stereocenters. The molecule has 0 bridgehead atoms. The number of thiazole rings is 1. The van der Waals surface area contributed by atoms with Crippen molar-refractivity contribution in [2.75, 3.05) is 26.0 Å². The molecule has 2 aromatic rings. The van der Waals surface area contributed by atoms with Gasteiger partial charge in [-0.2, -0.15) is 0 Å². The summed E-state index contributed by atoms with van der Waals surface area (Å²) in [5.41, 5.74) is 0.971. The Morgan fingerprint density at radius 1 is 1.19 bits per heavy atom. The van der Waals surface area contributed by atoms with Crippen LogP contribution in [-0.4, -0.2) is 70.3 Å². The Balaban J connectivity index is 1.44. The van der Waals surface area contributed by atoms with Crippen molar-refractivity contribution in [3.8, 4) is 0 Å². The Bertz CT molecular complexity index is 1160. The summed E-state index contributed by atoms with van der Waals surface area (Å²) in [4.78, 5) is 50.0. The Labute approximate surface area is 223 Å². The van der Waals surface area contributed by atoms with Gasteiger partial charge in [-0.1, -0.05) is 23.8 Å². The first-order valence-electron chi connectivity index (χ1n) is 11.7. The number of hydrogen-bond acceptors (Lipinski definition) is 8. The Morgan fingerprint density at radius 2 is 2.00 bits per heavy atom. The van der Waals surface area contributed by atoms with E-state index in [-0.39, 0.29) is 28.8 Å². The first-order valence-corrected chi connectivity index (χ1v) is 13.3. The van der Waals surface area contributed by atoms with E-state index in [1.165, 1.54) is 17.5 Å². The van der Waals surface area contributed by atoms with E-state index in [4.69, 9.17) is 23.8 Å². The second-order valence-electron chi connectivity index (χ2n) is 8.98. The predicted octanol–water partition coefficient (Wildman–Crippen LogP) is 1.75.